The van der Waals surface area contributed by atoms with E-state index in [1.807, 2.05) is 13.8 Å². The summed E-state index contributed by atoms with van der Waals surface area (Å²) < 4.78 is 6.67. The number of fused-ring (bicyclic) bond motifs is 2. The van der Waals surface area contributed by atoms with Crippen LogP contribution in [0.3, 0.4) is 0 Å². The third kappa shape index (κ3) is 2.55. The number of ketones is 1. The van der Waals surface area contributed by atoms with Gasteiger partial charge in [-0.05, 0) is 112 Å². The summed E-state index contributed by atoms with van der Waals surface area (Å²) in [7, 11) is 0. The van der Waals surface area contributed by atoms with Gasteiger partial charge in [-0.3, -0.25) is 4.79 Å². The first-order valence-corrected chi connectivity index (χ1v) is 14.2. The fourth-order valence-electron chi connectivity index (χ4n) is 11.9. The average Bonchev–Trinajstić information content (AvgIpc) is 3.11. The molecule has 4 nitrogen and oxygen atoms in total. The summed E-state index contributed by atoms with van der Waals surface area (Å²) in [5.41, 5.74) is -0.560. The van der Waals surface area contributed by atoms with Gasteiger partial charge in [-0.25, -0.2) is 0 Å². The minimum atomic E-state index is -0.855. The quantitative estimate of drug-likeness (QED) is 0.543. The number of hydrogen-bond acceptors (Lipinski definition) is 4. The van der Waals surface area contributed by atoms with Crippen molar-refractivity contribution in [3.63, 3.8) is 0 Å². The van der Waals surface area contributed by atoms with Crippen LogP contribution in [0.15, 0.2) is 0 Å². The second kappa shape index (κ2) is 6.51. The molecule has 0 amide bonds. The van der Waals surface area contributed by atoms with Crippen LogP contribution in [-0.2, 0) is 9.53 Å². The van der Waals surface area contributed by atoms with Crippen LogP contribution in [-0.4, -0.2) is 39.4 Å². The van der Waals surface area contributed by atoms with Crippen molar-refractivity contribution in [1.82, 2.24) is 0 Å². The van der Waals surface area contributed by atoms with Crippen LogP contribution in [0.1, 0.15) is 113 Å². The molecule has 4 unspecified atom stereocenters. The molecular formula is C30H48O4. The van der Waals surface area contributed by atoms with Gasteiger partial charge in [-0.15, -0.1) is 0 Å². The molecule has 0 aromatic carbocycles. The molecule has 1 saturated heterocycles. The molecule has 0 bridgehead atoms. The molecule has 0 aromatic rings. The van der Waals surface area contributed by atoms with Gasteiger partial charge in [0.25, 0.3) is 0 Å². The van der Waals surface area contributed by atoms with Crippen molar-refractivity contribution in [3.8, 4) is 0 Å². The Kier molecular flexibility index (Phi) is 4.58. The molecule has 0 aromatic heterocycles. The molecular weight excluding hydrogens is 424 g/mol. The minimum Gasteiger partial charge on any atom is -0.393 e. The van der Waals surface area contributed by atoms with E-state index in [2.05, 4.69) is 34.6 Å². The van der Waals surface area contributed by atoms with Crippen molar-refractivity contribution in [1.29, 1.82) is 0 Å². The Balaban J connectivity index is 1.35. The van der Waals surface area contributed by atoms with Crippen LogP contribution in [0.25, 0.3) is 0 Å². The zero-order valence-corrected chi connectivity index (χ0v) is 22.7. The van der Waals surface area contributed by atoms with Crippen LogP contribution in [0.4, 0.5) is 0 Å². The van der Waals surface area contributed by atoms with Gasteiger partial charge in [0.05, 0.1) is 23.4 Å². The molecule has 1 heterocycles. The molecule has 2 N–H and O–H groups in total. The molecule has 4 heteroatoms. The molecule has 192 valence electrons. The van der Waals surface area contributed by atoms with Gasteiger partial charge in [0.2, 0.25) is 0 Å². The molecule has 6 fully saturated rings. The smallest absolute Gasteiger partial charge is 0.138 e. The number of rotatable bonds is 2. The molecule has 5 saturated carbocycles. The molecule has 0 radical (unpaired) electrons. The van der Waals surface area contributed by atoms with Gasteiger partial charge in [-0.1, -0.05) is 27.7 Å². The molecule has 34 heavy (non-hydrogen) atoms. The fraction of sp³-hybridized carbons (Fsp3) is 0.967. The van der Waals surface area contributed by atoms with Crippen LogP contribution < -0.4 is 0 Å². The number of hydrogen-bond donors (Lipinski definition) is 2. The van der Waals surface area contributed by atoms with E-state index in [0.29, 0.717) is 28.4 Å². The Labute approximate surface area is 206 Å². The Morgan fingerprint density at radius 1 is 0.882 bits per heavy atom. The Morgan fingerprint density at radius 2 is 1.53 bits per heavy atom. The first-order valence-electron chi connectivity index (χ1n) is 14.2. The SMILES string of the molecule is CC(C)(O)C1CC[C@@](C)([C@H]2[C@@H](O)C[C@@]3(C)[C@@H]4CCC5C(C)(C)C(=O)CCC56CC46CC[C@]23C)O1. The maximum Gasteiger partial charge on any atom is 0.138 e. The second-order valence-electron chi connectivity index (χ2n) is 15.5. The standard InChI is InChI=1S/C30H48O4/c1-24(2)19-8-9-20-27(6)16-18(31)23(28(7)12-11-22(34-28)25(3,4)33)26(27,5)14-15-30(20)17-29(19,30)13-10-21(24)32/h18-20,22-23,31,33H,8-17H2,1-7H3/t18-,19?,20-,22?,23-,26+,27-,28-,29?,30?/m0/s1. The Morgan fingerprint density at radius 3 is 2.18 bits per heavy atom. The van der Waals surface area contributed by atoms with Crippen molar-refractivity contribution >= 4 is 5.78 Å². The van der Waals surface area contributed by atoms with E-state index in [9.17, 15) is 15.0 Å². The molecule has 6 aliphatic rings. The summed E-state index contributed by atoms with van der Waals surface area (Å²) in [5, 5.41) is 22.4. The largest absolute Gasteiger partial charge is 0.393 e. The van der Waals surface area contributed by atoms with E-state index < -0.39 is 11.2 Å². The van der Waals surface area contributed by atoms with Gasteiger partial charge in [0.15, 0.2) is 0 Å². The van der Waals surface area contributed by atoms with Gasteiger partial charge < -0.3 is 14.9 Å². The normalized spacial score (nSPS) is 58.0. The van der Waals surface area contributed by atoms with E-state index >= 15 is 0 Å². The highest BCUT2D eigenvalue weighted by Gasteiger charge is 2.83. The van der Waals surface area contributed by atoms with Crippen molar-refractivity contribution in [3.05, 3.63) is 0 Å². The van der Waals surface area contributed by atoms with Crippen molar-refractivity contribution in [2.45, 2.75) is 136 Å². The molecule has 5 aliphatic carbocycles. The van der Waals surface area contributed by atoms with Gasteiger partial charge in [-0.2, -0.15) is 0 Å². The summed E-state index contributed by atoms with van der Waals surface area (Å²) in [5.74, 6) is 1.76. The molecule has 2 spiro atoms. The van der Waals surface area contributed by atoms with E-state index in [0.717, 1.165) is 38.5 Å². The predicted molar refractivity (Wildman–Crippen MR) is 132 cm³/mol. The summed E-state index contributed by atoms with van der Waals surface area (Å²) in [6.45, 7) is 15.4. The summed E-state index contributed by atoms with van der Waals surface area (Å²) in [6, 6.07) is 0. The van der Waals surface area contributed by atoms with Gasteiger partial charge in [0, 0.05) is 17.8 Å². The van der Waals surface area contributed by atoms with Crippen molar-refractivity contribution in [2.24, 2.45) is 44.8 Å². The van der Waals surface area contributed by atoms with Crippen LogP contribution in [0.2, 0.25) is 0 Å². The number of carbonyl (C=O) groups is 1. The highest BCUT2D eigenvalue weighted by Crippen LogP contribution is 2.89. The molecule has 6 rings (SSSR count). The monoisotopic (exact) mass is 472 g/mol. The molecule has 10 atom stereocenters. The fourth-order valence-corrected chi connectivity index (χ4v) is 11.9. The number of ether oxygens (including phenoxy) is 1. The number of carbonyl (C=O) groups excluding carboxylic acids is 1. The number of aliphatic hydroxyl groups is 2. The first kappa shape index (κ1) is 23.9. The zero-order valence-electron chi connectivity index (χ0n) is 22.7. The number of aliphatic hydroxyl groups excluding tert-OH is 1. The molecule has 1 aliphatic heterocycles. The minimum absolute atomic E-state index is 0.0300. The van der Waals surface area contributed by atoms with Crippen LogP contribution in [0.5, 0.6) is 0 Å². The van der Waals surface area contributed by atoms with E-state index in [1.165, 1.54) is 25.7 Å². The Hall–Kier alpha value is -0.450. The van der Waals surface area contributed by atoms with Gasteiger partial charge >= 0.3 is 0 Å². The Bertz CT molecular complexity index is 919. The lowest BCUT2D eigenvalue weighted by atomic mass is 9.41. The maximum atomic E-state index is 12.9. The van der Waals surface area contributed by atoms with E-state index in [-0.39, 0.29) is 34.4 Å². The van der Waals surface area contributed by atoms with Crippen molar-refractivity contribution in [2.75, 3.05) is 0 Å². The third-order valence-electron chi connectivity index (χ3n) is 13.6. The maximum absolute atomic E-state index is 12.9. The first-order chi connectivity index (χ1) is 15.6. The topological polar surface area (TPSA) is 66.8 Å². The predicted octanol–water partition coefficient (Wildman–Crippen LogP) is 5.67. The number of Topliss-reactive ketones (excluding diaryl/α,β-unsaturated/α-hetero) is 1. The summed E-state index contributed by atoms with van der Waals surface area (Å²) >= 11 is 0. The van der Waals surface area contributed by atoms with Crippen LogP contribution >= 0.6 is 0 Å². The van der Waals surface area contributed by atoms with E-state index in [1.54, 1.807) is 0 Å². The highest BCUT2D eigenvalue weighted by molar-refractivity contribution is 5.86. The second-order valence-corrected chi connectivity index (χ2v) is 15.5. The third-order valence-corrected chi connectivity index (χ3v) is 13.6. The lowest BCUT2D eigenvalue weighted by Gasteiger charge is -2.63. The average molecular weight is 473 g/mol. The van der Waals surface area contributed by atoms with Gasteiger partial charge in [0.1, 0.15) is 5.78 Å². The highest BCUT2D eigenvalue weighted by atomic mass is 16.5. The summed E-state index contributed by atoms with van der Waals surface area (Å²) in [4.78, 5) is 12.9. The lowest BCUT2D eigenvalue weighted by molar-refractivity contribution is -0.192. The van der Waals surface area contributed by atoms with Crippen LogP contribution in [0, 0.1) is 44.8 Å². The zero-order chi connectivity index (χ0) is 24.7. The lowest BCUT2D eigenvalue weighted by Crippen LogP contribution is -2.59. The van der Waals surface area contributed by atoms with Crippen molar-refractivity contribution < 1.29 is 19.7 Å². The van der Waals surface area contributed by atoms with E-state index in [4.69, 9.17) is 4.74 Å². The summed E-state index contributed by atoms with van der Waals surface area (Å²) in [6.07, 6.45) is 10.1.